The fourth-order valence-electron chi connectivity index (χ4n) is 9.07. The number of allylic oxidation sites excluding steroid dienone is 1. The van der Waals surface area contributed by atoms with E-state index in [1.807, 2.05) is 12.2 Å². The van der Waals surface area contributed by atoms with Crippen molar-refractivity contribution in [1.29, 1.82) is 0 Å². The molecule has 2 aliphatic heterocycles. The van der Waals surface area contributed by atoms with E-state index in [9.17, 15) is 40.8 Å². The highest BCUT2D eigenvalue weighted by Crippen LogP contribution is 2.46. The molecule has 4 fully saturated rings. The molecule has 0 spiro atoms. The molecule has 64 heavy (non-hydrogen) atoms. The molecular weight excluding hydrogens is 860 g/mol. The second kappa shape index (κ2) is 17.2. The number of alkyl halides is 3. The van der Waals surface area contributed by atoms with Crippen LogP contribution in [0.1, 0.15) is 83.5 Å². The Morgan fingerprint density at radius 2 is 1.67 bits per heavy atom. The van der Waals surface area contributed by atoms with Gasteiger partial charge in [-0.25, -0.2) is 18.2 Å². The van der Waals surface area contributed by atoms with Crippen LogP contribution in [-0.2, 0) is 29.1 Å². The number of halogens is 3. The van der Waals surface area contributed by atoms with Crippen LogP contribution in [0.2, 0.25) is 0 Å². The van der Waals surface area contributed by atoms with E-state index in [2.05, 4.69) is 25.2 Å². The number of hydrogen-bond donors (Lipinski definition) is 3. The summed E-state index contributed by atoms with van der Waals surface area (Å²) >= 11 is 0. The first kappa shape index (κ1) is 43.3. The second-order valence-electron chi connectivity index (χ2n) is 17.3. The summed E-state index contributed by atoms with van der Waals surface area (Å²) in [6.45, 7) is -0.195. The summed E-state index contributed by atoms with van der Waals surface area (Å²) in [4.78, 5) is 62.6. The van der Waals surface area contributed by atoms with Gasteiger partial charge in [0.05, 0.1) is 23.0 Å². The minimum atomic E-state index is -5.00. The molecule has 3 saturated carbocycles. The zero-order chi connectivity index (χ0) is 44.8. The molecule has 9 rings (SSSR count). The molecule has 4 heterocycles. The normalized spacial score (nSPS) is 25.8. The molecule has 4 amide bonds. The lowest BCUT2D eigenvalue weighted by atomic mass is 10.0. The molecule has 20 heteroatoms. The van der Waals surface area contributed by atoms with Gasteiger partial charge in [-0.15, -0.1) is 13.2 Å². The molecule has 5 aliphatic rings. The standard InChI is InChI=1S/C44H48F3N7O9S/c45-44(46,47)63-36-19-11-9-15-30(36)34-23-37(54-38(48-34)31-16-8-10-17-32(31)51-54)61-28-22-35-39(55)50-43(41(57)52-64(59,60)29-20-21-29)24-26(43)12-4-2-1-3-5-18-33(40(56)53(35)25-28)49-42(58)62-27-13-6-7-14-27/h4,8-12,15-17,19,23,26-29,33,35H,1-3,5-7,13-14,18,20-22,24-25H2,(H,49,58)(H,50,55)(H,52,57)/t26-,28-,33+,35+,43-/m1/s1. The highest BCUT2D eigenvalue weighted by atomic mass is 32.2. The zero-order valence-electron chi connectivity index (χ0n) is 34.7. The van der Waals surface area contributed by atoms with Crippen LogP contribution in [0.3, 0.4) is 0 Å². The van der Waals surface area contributed by atoms with E-state index in [0.29, 0.717) is 55.8 Å². The minimum Gasteiger partial charge on any atom is -0.472 e. The van der Waals surface area contributed by atoms with E-state index in [1.54, 1.807) is 24.3 Å². The van der Waals surface area contributed by atoms with Crippen LogP contribution in [0.25, 0.3) is 27.8 Å². The van der Waals surface area contributed by atoms with Gasteiger partial charge in [-0.2, -0.15) is 9.61 Å². The first-order valence-electron chi connectivity index (χ1n) is 21.8. The number of hydrogen-bond acceptors (Lipinski definition) is 11. The summed E-state index contributed by atoms with van der Waals surface area (Å²) in [6.07, 6.45) is 3.69. The third-order valence-corrected chi connectivity index (χ3v) is 14.5. The summed E-state index contributed by atoms with van der Waals surface area (Å²) in [5, 5.41) is 10.1. The topological polar surface area (TPSA) is 200 Å². The molecule has 0 bridgehead atoms. The fourth-order valence-corrected chi connectivity index (χ4v) is 10.4. The monoisotopic (exact) mass is 907 g/mol. The van der Waals surface area contributed by atoms with E-state index in [-0.39, 0.29) is 54.7 Å². The molecule has 4 aromatic rings. The largest absolute Gasteiger partial charge is 0.573 e. The number of fused-ring (bicyclic) bond motifs is 5. The maximum atomic E-state index is 14.8. The van der Waals surface area contributed by atoms with E-state index in [4.69, 9.17) is 14.5 Å². The third kappa shape index (κ3) is 9.19. The van der Waals surface area contributed by atoms with Gasteiger partial charge in [0, 0.05) is 29.4 Å². The first-order valence-corrected chi connectivity index (χ1v) is 23.3. The Morgan fingerprint density at radius 3 is 2.45 bits per heavy atom. The van der Waals surface area contributed by atoms with Gasteiger partial charge in [-0.3, -0.25) is 19.1 Å². The zero-order valence-corrected chi connectivity index (χ0v) is 35.5. The van der Waals surface area contributed by atoms with Crippen LogP contribution in [0, 0.1) is 5.92 Å². The summed E-state index contributed by atoms with van der Waals surface area (Å²) in [7, 11) is -3.98. The Morgan fingerprint density at radius 1 is 0.922 bits per heavy atom. The average molecular weight is 908 g/mol. The molecule has 2 aromatic carbocycles. The molecule has 3 aliphatic carbocycles. The highest BCUT2D eigenvalue weighted by Gasteiger charge is 2.62. The maximum absolute atomic E-state index is 14.8. The van der Waals surface area contributed by atoms with Crippen LogP contribution in [0.15, 0.2) is 66.7 Å². The summed E-state index contributed by atoms with van der Waals surface area (Å²) in [5.41, 5.74) is -0.798. The van der Waals surface area contributed by atoms with Crippen LogP contribution in [0.5, 0.6) is 11.6 Å². The van der Waals surface area contributed by atoms with Crippen LogP contribution < -0.4 is 24.8 Å². The van der Waals surface area contributed by atoms with Gasteiger partial charge in [-0.05, 0) is 88.5 Å². The molecule has 3 N–H and O–H groups in total. The van der Waals surface area contributed by atoms with E-state index in [0.717, 1.165) is 19.3 Å². The SMILES string of the molecule is O=C(N[C@H]1CCCCCC=C[C@@H]2C[C@@]2(C(=O)NS(=O)(=O)C2CC2)NC(=O)[C@@H]2C[C@@H](Oc3cc(-c4ccccc4OC(F)(F)F)nc4c5ccccc5nn34)CN2C1=O)OC1CCCC1. The maximum Gasteiger partial charge on any atom is 0.573 e. The minimum absolute atomic E-state index is 0.00446. The molecular formula is C44H48F3N7O9S. The Bertz CT molecular complexity index is 2610. The third-order valence-electron chi connectivity index (χ3n) is 12.6. The number of ether oxygens (including phenoxy) is 3. The van der Waals surface area contributed by atoms with Crippen LogP contribution >= 0.6 is 0 Å². The fraction of sp³-hybridized carbons (Fsp3) is 0.500. The van der Waals surface area contributed by atoms with Gasteiger partial charge in [0.2, 0.25) is 27.7 Å². The number of nitrogens with one attached hydrogen (secondary N) is 3. The second-order valence-corrected chi connectivity index (χ2v) is 19.2. The number of sulfonamides is 1. The molecule has 2 aromatic heterocycles. The average Bonchev–Trinajstić information content (AvgIpc) is 4.06. The molecule has 0 unspecified atom stereocenters. The number of nitrogens with zero attached hydrogens (tertiary/aromatic N) is 4. The predicted octanol–water partition coefficient (Wildman–Crippen LogP) is 5.84. The number of amides is 4. The smallest absolute Gasteiger partial charge is 0.472 e. The van der Waals surface area contributed by atoms with Gasteiger partial charge in [0.1, 0.15) is 35.6 Å². The number of carbonyl (C=O) groups excluding carboxylic acids is 4. The molecule has 340 valence electrons. The lowest BCUT2D eigenvalue weighted by Gasteiger charge is -2.30. The van der Waals surface area contributed by atoms with Crippen molar-refractivity contribution in [1.82, 2.24) is 34.9 Å². The number of aromatic nitrogens is 3. The molecule has 16 nitrogen and oxygen atoms in total. The Balaban J connectivity index is 1.07. The van der Waals surface area contributed by atoms with E-state index >= 15 is 0 Å². The van der Waals surface area contributed by atoms with Crippen molar-refractivity contribution < 1.29 is 55.0 Å². The van der Waals surface area contributed by atoms with Crippen LogP contribution in [0.4, 0.5) is 18.0 Å². The van der Waals surface area contributed by atoms with Crippen molar-refractivity contribution in [2.75, 3.05) is 6.54 Å². The Hall–Kier alpha value is -5.92. The Kier molecular flexibility index (Phi) is 11.7. The van der Waals surface area contributed by atoms with E-state index < -0.39 is 80.8 Å². The summed E-state index contributed by atoms with van der Waals surface area (Å²) in [6, 6.07) is 11.5. The molecule has 0 radical (unpaired) electrons. The van der Waals surface area contributed by atoms with Gasteiger partial charge in [0.25, 0.3) is 5.91 Å². The molecule has 5 atom stereocenters. The number of para-hydroxylation sites is 1. The van der Waals surface area contributed by atoms with Crippen molar-refractivity contribution in [3.05, 3.63) is 66.7 Å². The summed E-state index contributed by atoms with van der Waals surface area (Å²) < 4.78 is 86.9. The summed E-state index contributed by atoms with van der Waals surface area (Å²) in [5.74, 6) is -3.18. The lowest BCUT2D eigenvalue weighted by Crippen LogP contribution is -2.58. The quantitative estimate of drug-likeness (QED) is 0.171. The van der Waals surface area contributed by atoms with Crippen molar-refractivity contribution in [3.8, 4) is 22.9 Å². The van der Waals surface area contributed by atoms with Crippen molar-refractivity contribution in [2.24, 2.45) is 5.92 Å². The number of alkyl carbamates (subject to hydrolysis) is 1. The predicted molar refractivity (Wildman–Crippen MR) is 224 cm³/mol. The van der Waals surface area contributed by atoms with Crippen molar-refractivity contribution >= 4 is 50.4 Å². The van der Waals surface area contributed by atoms with Gasteiger partial charge in [-0.1, -0.05) is 49.3 Å². The number of carbonyl (C=O) groups is 4. The lowest BCUT2D eigenvalue weighted by molar-refractivity contribution is -0.274. The number of rotatable bonds is 9. The molecule has 1 saturated heterocycles. The van der Waals surface area contributed by atoms with Crippen LogP contribution in [-0.4, -0.2) is 99.7 Å². The van der Waals surface area contributed by atoms with Crippen molar-refractivity contribution in [2.45, 2.75) is 125 Å². The number of benzene rings is 2. The first-order chi connectivity index (χ1) is 30.7. The Labute approximate surface area is 366 Å². The van der Waals surface area contributed by atoms with Gasteiger partial charge >= 0.3 is 12.5 Å². The van der Waals surface area contributed by atoms with Crippen molar-refractivity contribution in [3.63, 3.8) is 0 Å². The van der Waals surface area contributed by atoms with Gasteiger partial charge in [0.15, 0.2) is 5.65 Å². The van der Waals surface area contributed by atoms with E-state index in [1.165, 1.54) is 39.7 Å². The highest BCUT2D eigenvalue weighted by molar-refractivity contribution is 7.91. The van der Waals surface area contributed by atoms with Gasteiger partial charge < -0.3 is 29.7 Å².